The van der Waals surface area contributed by atoms with Crippen molar-refractivity contribution in [1.29, 1.82) is 0 Å². The molecule has 0 radical (unpaired) electrons. The molecule has 0 unspecified atom stereocenters. The first kappa shape index (κ1) is 16.6. The molecule has 122 valence electrons. The van der Waals surface area contributed by atoms with Gasteiger partial charge in [0, 0.05) is 15.1 Å². The summed E-state index contributed by atoms with van der Waals surface area (Å²) in [5, 5.41) is 4.39. The summed E-state index contributed by atoms with van der Waals surface area (Å²) < 4.78 is 24.2. The van der Waals surface area contributed by atoms with E-state index in [1.807, 2.05) is 0 Å². The highest BCUT2D eigenvalue weighted by Crippen LogP contribution is 2.20. The van der Waals surface area contributed by atoms with Crippen molar-refractivity contribution >= 4 is 33.5 Å². The summed E-state index contributed by atoms with van der Waals surface area (Å²) in [6.45, 7) is -0.255. The van der Waals surface area contributed by atoms with Crippen LogP contribution in [0.3, 0.4) is 0 Å². The molecule has 1 aromatic heterocycles. The fraction of sp³-hybridized carbons (Fsp3) is 0.0625. The number of halogens is 3. The summed E-state index contributed by atoms with van der Waals surface area (Å²) in [4.78, 5) is 16.0. The molecule has 0 aliphatic heterocycles. The van der Waals surface area contributed by atoms with Gasteiger partial charge in [-0.1, -0.05) is 32.7 Å². The molecule has 24 heavy (non-hydrogen) atoms. The van der Waals surface area contributed by atoms with Crippen LogP contribution in [-0.2, 0) is 11.3 Å². The third-order valence-electron chi connectivity index (χ3n) is 3.05. The van der Waals surface area contributed by atoms with E-state index in [4.69, 9.17) is 20.9 Å². The minimum Gasteiger partial charge on any atom is -0.452 e. The Morgan fingerprint density at radius 1 is 1.25 bits per heavy atom. The molecule has 0 saturated heterocycles. The van der Waals surface area contributed by atoms with Crippen molar-refractivity contribution in [2.75, 3.05) is 0 Å². The second-order valence-corrected chi connectivity index (χ2v) is 6.07. The molecule has 3 aromatic rings. The summed E-state index contributed by atoms with van der Waals surface area (Å²) in [6.07, 6.45) is 0. The first-order chi connectivity index (χ1) is 11.5. The van der Waals surface area contributed by atoms with Gasteiger partial charge in [0.2, 0.25) is 5.82 Å². The van der Waals surface area contributed by atoms with Crippen LogP contribution >= 0.6 is 27.5 Å². The van der Waals surface area contributed by atoms with Crippen molar-refractivity contribution in [3.8, 4) is 11.4 Å². The van der Waals surface area contributed by atoms with Crippen LogP contribution in [0.25, 0.3) is 11.4 Å². The largest absolute Gasteiger partial charge is 0.452 e. The Labute approximate surface area is 149 Å². The van der Waals surface area contributed by atoms with E-state index in [9.17, 15) is 9.18 Å². The number of ether oxygens (including phenoxy) is 1. The number of esters is 1. The molecule has 5 nitrogen and oxygen atoms in total. The maximum Gasteiger partial charge on any atom is 0.341 e. The zero-order valence-electron chi connectivity index (χ0n) is 12.0. The fourth-order valence-corrected chi connectivity index (χ4v) is 2.35. The van der Waals surface area contributed by atoms with Crippen molar-refractivity contribution in [3.63, 3.8) is 0 Å². The number of carbonyl (C=O) groups is 1. The summed E-state index contributed by atoms with van der Waals surface area (Å²) in [7, 11) is 0. The average Bonchev–Trinajstić information content (AvgIpc) is 3.02. The molecule has 0 saturated carbocycles. The van der Waals surface area contributed by atoms with E-state index in [0.717, 1.165) is 0 Å². The van der Waals surface area contributed by atoms with Crippen molar-refractivity contribution in [2.24, 2.45) is 0 Å². The van der Waals surface area contributed by atoms with Crippen molar-refractivity contribution < 1.29 is 18.4 Å². The number of rotatable bonds is 4. The maximum absolute atomic E-state index is 13.7. The summed E-state index contributed by atoms with van der Waals surface area (Å²) in [5.41, 5.74) is 0.537. The highest BCUT2D eigenvalue weighted by atomic mass is 79.9. The van der Waals surface area contributed by atoms with Gasteiger partial charge in [-0.3, -0.25) is 0 Å². The number of hydrogen-bond donors (Lipinski definition) is 0. The van der Waals surface area contributed by atoms with Crippen LogP contribution < -0.4 is 0 Å². The van der Waals surface area contributed by atoms with Gasteiger partial charge in [0.15, 0.2) is 6.61 Å². The van der Waals surface area contributed by atoms with Gasteiger partial charge in [0.1, 0.15) is 5.82 Å². The van der Waals surface area contributed by atoms with Gasteiger partial charge in [-0.05, 0) is 42.5 Å². The monoisotopic (exact) mass is 410 g/mol. The molecule has 0 N–H and O–H groups in total. The molecule has 1 heterocycles. The molecule has 0 aliphatic rings. The van der Waals surface area contributed by atoms with Crippen LogP contribution in [0.15, 0.2) is 51.5 Å². The first-order valence-electron chi connectivity index (χ1n) is 6.73. The molecule has 0 spiro atoms. The number of aromatic nitrogens is 2. The summed E-state index contributed by atoms with van der Waals surface area (Å²) in [5.74, 6) is -1.05. The molecule has 0 fully saturated rings. The average molecular weight is 412 g/mol. The third-order valence-corrected chi connectivity index (χ3v) is 3.79. The highest BCUT2D eigenvalue weighted by molar-refractivity contribution is 9.10. The first-order valence-corrected chi connectivity index (χ1v) is 7.91. The number of nitrogens with zero attached hydrogens (tertiary/aromatic N) is 2. The molecule has 2 aromatic carbocycles. The molecule has 0 amide bonds. The molecule has 0 aliphatic carbocycles. The molecule has 0 bridgehead atoms. The predicted octanol–water partition coefficient (Wildman–Crippen LogP) is 4.65. The standard InChI is InChI=1S/C16H9BrClFN2O3/c17-10-3-6-12(13(19)7-10)16(22)23-8-14-20-15(21-24-14)9-1-4-11(18)5-2-9/h1-7H,8H2. The quantitative estimate of drug-likeness (QED) is 0.585. The van der Waals surface area contributed by atoms with Gasteiger partial charge in [-0.15, -0.1) is 0 Å². The predicted molar refractivity (Wildman–Crippen MR) is 88.0 cm³/mol. The topological polar surface area (TPSA) is 65.2 Å². The number of benzene rings is 2. The van der Waals surface area contributed by atoms with Gasteiger partial charge in [0.25, 0.3) is 5.89 Å². The lowest BCUT2D eigenvalue weighted by Crippen LogP contribution is -2.07. The van der Waals surface area contributed by atoms with Gasteiger partial charge in [0.05, 0.1) is 5.56 Å². The highest BCUT2D eigenvalue weighted by Gasteiger charge is 2.16. The van der Waals surface area contributed by atoms with Crippen LogP contribution in [0.2, 0.25) is 5.02 Å². The van der Waals surface area contributed by atoms with Crippen molar-refractivity contribution in [3.05, 3.63) is 69.2 Å². The maximum atomic E-state index is 13.7. The lowest BCUT2D eigenvalue weighted by molar-refractivity contribution is 0.0424. The minimum atomic E-state index is -0.814. The van der Waals surface area contributed by atoms with E-state index in [-0.39, 0.29) is 18.1 Å². The Morgan fingerprint density at radius 2 is 2.00 bits per heavy atom. The van der Waals surface area contributed by atoms with Gasteiger partial charge >= 0.3 is 5.97 Å². The van der Waals surface area contributed by atoms with E-state index in [1.165, 1.54) is 12.1 Å². The zero-order valence-corrected chi connectivity index (χ0v) is 14.3. The normalized spacial score (nSPS) is 10.6. The SMILES string of the molecule is O=C(OCc1nc(-c2ccc(Cl)cc2)no1)c1ccc(Br)cc1F. The van der Waals surface area contributed by atoms with E-state index >= 15 is 0 Å². The van der Waals surface area contributed by atoms with Crippen molar-refractivity contribution in [2.45, 2.75) is 6.61 Å². The van der Waals surface area contributed by atoms with Crippen LogP contribution in [-0.4, -0.2) is 16.1 Å². The minimum absolute atomic E-state index is 0.103. The molecule has 3 rings (SSSR count). The van der Waals surface area contributed by atoms with E-state index in [0.29, 0.717) is 20.9 Å². The second-order valence-electron chi connectivity index (χ2n) is 4.72. The lowest BCUT2D eigenvalue weighted by atomic mass is 10.2. The summed E-state index contributed by atoms with van der Waals surface area (Å²) in [6, 6.07) is 10.9. The van der Waals surface area contributed by atoms with Crippen LogP contribution in [0, 0.1) is 5.82 Å². The molecular formula is C16H9BrClFN2O3. The Balaban J connectivity index is 1.67. The Bertz CT molecular complexity index is 883. The smallest absolute Gasteiger partial charge is 0.341 e. The van der Waals surface area contributed by atoms with Crippen LogP contribution in [0.1, 0.15) is 16.2 Å². The number of carbonyl (C=O) groups excluding carboxylic acids is 1. The van der Waals surface area contributed by atoms with E-state index < -0.39 is 11.8 Å². The van der Waals surface area contributed by atoms with Gasteiger partial charge in [-0.25, -0.2) is 9.18 Å². The Morgan fingerprint density at radius 3 is 2.71 bits per heavy atom. The van der Waals surface area contributed by atoms with E-state index in [1.54, 1.807) is 30.3 Å². The van der Waals surface area contributed by atoms with Crippen molar-refractivity contribution in [1.82, 2.24) is 10.1 Å². The Hall–Kier alpha value is -2.25. The van der Waals surface area contributed by atoms with E-state index in [2.05, 4.69) is 26.1 Å². The van der Waals surface area contributed by atoms with Crippen LogP contribution in [0.4, 0.5) is 4.39 Å². The third kappa shape index (κ3) is 3.80. The molecule has 8 heteroatoms. The Kier molecular flexibility index (Phi) is 4.92. The second kappa shape index (κ2) is 7.11. The molecular weight excluding hydrogens is 403 g/mol. The number of hydrogen-bond acceptors (Lipinski definition) is 5. The summed E-state index contributed by atoms with van der Waals surface area (Å²) >= 11 is 8.93. The van der Waals surface area contributed by atoms with Crippen LogP contribution in [0.5, 0.6) is 0 Å². The zero-order chi connectivity index (χ0) is 17.1. The molecule has 0 atom stereocenters. The van der Waals surface area contributed by atoms with Gasteiger partial charge < -0.3 is 9.26 Å². The fourth-order valence-electron chi connectivity index (χ4n) is 1.89. The van der Waals surface area contributed by atoms with Gasteiger partial charge in [-0.2, -0.15) is 4.98 Å². The lowest BCUT2D eigenvalue weighted by Gasteiger charge is -2.03.